The van der Waals surface area contributed by atoms with E-state index in [9.17, 15) is 19.8 Å². The topological polar surface area (TPSA) is 116 Å². The molecule has 0 saturated heterocycles. The zero-order chi connectivity index (χ0) is 19.8. The lowest BCUT2D eigenvalue weighted by molar-refractivity contribution is 0.0135. The van der Waals surface area contributed by atoms with E-state index in [1.807, 2.05) is 30.3 Å². The molecular formula is C19H20BrNO6. The van der Waals surface area contributed by atoms with E-state index in [0.717, 1.165) is 5.56 Å². The molecular weight excluding hydrogens is 418 g/mol. The summed E-state index contributed by atoms with van der Waals surface area (Å²) >= 11 is 3.18. The first-order valence-electron chi connectivity index (χ1n) is 8.21. The fraction of sp³-hybridized carbons (Fsp3) is 0.263. The molecule has 2 rings (SSSR count). The third-order valence-electron chi connectivity index (χ3n) is 3.80. The number of hydrogen-bond donors (Lipinski definition) is 4. The Balaban J connectivity index is 1.80. The van der Waals surface area contributed by atoms with Crippen LogP contribution in [0.3, 0.4) is 0 Å². The van der Waals surface area contributed by atoms with Crippen molar-refractivity contribution in [2.75, 3.05) is 6.54 Å². The van der Waals surface area contributed by atoms with Crippen LogP contribution in [0.25, 0.3) is 0 Å². The molecule has 144 valence electrons. The number of aromatic carboxylic acids is 1. The first-order valence-corrected chi connectivity index (χ1v) is 9.00. The molecule has 2 aromatic rings. The lowest BCUT2D eigenvalue weighted by Gasteiger charge is -2.19. The number of rotatable bonds is 8. The van der Waals surface area contributed by atoms with Crippen molar-refractivity contribution in [1.82, 2.24) is 5.32 Å². The number of nitrogens with one attached hydrogen (secondary N) is 1. The molecule has 2 atom stereocenters. The lowest BCUT2D eigenvalue weighted by atomic mass is 10.00. The van der Waals surface area contributed by atoms with Gasteiger partial charge >= 0.3 is 12.1 Å². The Kier molecular flexibility index (Phi) is 7.78. The third-order valence-corrected chi connectivity index (χ3v) is 4.25. The number of alkyl carbamates (subject to hydrolysis) is 1. The minimum atomic E-state index is -1.29. The molecule has 1 amide bonds. The maximum Gasteiger partial charge on any atom is 0.407 e. The van der Waals surface area contributed by atoms with Gasteiger partial charge in [0.05, 0.1) is 11.7 Å². The molecule has 0 aliphatic carbocycles. The van der Waals surface area contributed by atoms with Gasteiger partial charge in [-0.25, -0.2) is 9.59 Å². The van der Waals surface area contributed by atoms with Crippen molar-refractivity contribution >= 4 is 28.0 Å². The number of amides is 1. The predicted octanol–water partition coefficient (Wildman–Crippen LogP) is 2.86. The van der Waals surface area contributed by atoms with Crippen LogP contribution in [-0.4, -0.2) is 40.0 Å². The highest BCUT2D eigenvalue weighted by atomic mass is 79.9. The van der Waals surface area contributed by atoms with Gasteiger partial charge in [-0.05, 0) is 35.7 Å². The highest BCUT2D eigenvalue weighted by molar-refractivity contribution is 9.10. The second-order valence-corrected chi connectivity index (χ2v) is 6.78. The third kappa shape index (κ3) is 6.67. The molecule has 27 heavy (non-hydrogen) atoms. The Morgan fingerprint density at radius 2 is 1.81 bits per heavy atom. The number of ether oxygens (including phenoxy) is 1. The van der Waals surface area contributed by atoms with Gasteiger partial charge in [0, 0.05) is 11.0 Å². The molecule has 2 aromatic carbocycles. The molecule has 0 heterocycles. The average molecular weight is 438 g/mol. The fourth-order valence-electron chi connectivity index (χ4n) is 2.38. The van der Waals surface area contributed by atoms with Gasteiger partial charge in [-0.15, -0.1) is 0 Å². The summed E-state index contributed by atoms with van der Waals surface area (Å²) in [6, 6.07) is 13.4. The van der Waals surface area contributed by atoms with E-state index in [2.05, 4.69) is 21.2 Å². The van der Waals surface area contributed by atoms with E-state index in [0.29, 0.717) is 4.47 Å². The van der Waals surface area contributed by atoms with Crippen LogP contribution in [0.5, 0.6) is 0 Å². The van der Waals surface area contributed by atoms with E-state index in [1.54, 1.807) is 0 Å². The maximum atomic E-state index is 11.7. The van der Waals surface area contributed by atoms with Gasteiger partial charge in [0.25, 0.3) is 0 Å². The second kappa shape index (κ2) is 10.1. The van der Waals surface area contributed by atoms with E-state index >= 15 is 0 Å². The molecule has 0 aliphatic rings. The van der Waals surface area contributed by atoms with Crippen LogP contribution in [0, 0.1) is 0 Å². The van der Waals surface area contributed by atoms with Gasteiger partial charge in [0.1, 0.15) is 12.7 Å². The Bertz CT molecular complexity index is 783. The number of aliphatic hydroxyl groups excluding tert-OH is 2. The molecule has 0 saturated carbocycles. The SMILES string of the molecule is O=C(NCCC(O)C(O)c1cc(Br)cc(C(=O)O)c1)OCc1ccccc1. The van der Waals surface area contributed by atoms with Crippen LogP contribution in [0.1, 0.15) is 34.0 Å². The van der Waals surface area contributed by atoms with Gasteiger partial charge < -0.3 is 25.4 Å². The van der Waals surface area contributed by atoms with Crippen molar-refractivity contribution in [3.8, 4) is 0 Å². The summed E-state index contributed by atoms with van der Waals surface area (Å²) in [7, 11) is 0. The summed E-state index contributed by atoms with van der Waals surface area (Å²) in [5, 5.41) is 31.9. The van der Waals surface area contributed by atoms with Crippen molar-refractivity contribution in [2.24, 2.45) is 0 Å². The molecule has 0 fully saturated rings. The first kappa shape index (κ1) is 20.9. The van der Waals surface area contributed by atoms with Gasteiger partial charge in [-0.1, -0.05) is 46.3 Å². The van der Waals surface area contributed by atoms with Crippen LogP contribution in [-0.2, 0) is 11.3 Å². The lowest BCUT2D eigenvalue weighted by Crippen LogP contribution is -2.29. The Labute approximate surface area is 164 Å². The summed E-state index contributed by atoms with van der Waals surface area (Å²) in [6.07, 6.45) is -3.04. The minimum Gasteiger partial charge on any atom is -0.478 e. The van der Waals surface area contributed by atoms with E-state index in [4.69, 9.17) is 9.84 Å². The summed E-state index contributed by atoms with van der Waals surface area (Å²) in [5.41, 5.74) is 1.11. The van der Waals surface area contributed by atoms with Crippen LogP contribution < -0.4 is 5.32 Å². The van der Waals surface area contributed by atoms with Crippen LogP contribution in [0.15, 0.2) is 53.0 Å². The number of hydrogen-bond acceptors (Lipinski definition) is 5. The fourth-order valence-corrected chi connectivity index (χ4v) is 2.89. The van der Waals surface area contributed by atoms with Gasteiger partial charge in [0.15, 0.2) is 0 Å². The van der Waals surface area contributed by atoms with E-state index in [-0.39, 0.29) is 30.7 Å². The smallest absolute Gasteiger partial charge is 0.407 e. The summed E-state index contributed by atoms with van der Waals surface area (Å²) in [5.74, 6) is -1.14. The second-order valence-electron chi connectivity index (χ2n) is 5.87. The number of carbonyl (C=O) groups is 2. The standard InChI is InChI=1S/C19H20BrNO6/c20-15-9-13(8-14(10-15)18(24)25)17(23)16(22)6-7-21-19(26)27-11-12-4-2-1-3-5-12/h1-5,8-10,16-17,22-23H,6-7,11H2,(H,21,26)(H,24,25). The van der Waals surface area contributed by atoms with Gasteiger partial charge in [-0.2, -0.15) is 0 Å². The Morgan fingerprint density at radius 1 is 1.11 bits per heavy atom. The molecule has 4 N–H and O–H groups in total. The number of benzene rings is 2. The molecule has 0 bridgehead atoms. The Hall–Kier alpha value is -2.42. The zero-order valence-electron chi connectivity index (χ0n) is 14.3. The normalized spacial score (nSPS) is 12.9. The molecule has 2 unspecified atom stereocenters. The molecule has 8 heteroatoms. The minimum absolute atomic E-state index is 0.00626. The van der Waals surface area contributed by atoms with Crippen LogP contribution in [0.2, 0.25) is 0 Å². The number of halogens is 1. The number of carboxylic acid groups (broad SMARTS) is 1. The van der Waals surface area contributed by atoms with Crippen LogP contribution in [0.4, 0.5) is 4.79 Å². The van der Waals surface area contributed by atoms with Gasteiger partial charge in [0.2, 0.25) is 0 Å². The molecule has 0 spiro atoms. The predicted molar refractivity (Wildman–Crippen MR) is 101 cm³/mol. The highest BCUT2D eigenvalue weighted by Gasteiger charge is 2.20. The van der Waals surface area contributed by atoms with Crippen molar-refractivity contribution < 1.29 is 29.6 Å². The quantitative estimate of drug-likeness (QED) is 0.504. The number of aliphatic hydroxyl groups is 2. The summed E-state index contributed by atoms with van der Waals surface area (Å²) in [4.78, 5) is 22.7. The Morgan fingerprint density at radius 3 is 2.48 bits per heavy atom. The van der Waals surface area contributed by atoms with Crippen molar-refractivity contribution in [1.29, 1.82) is 0 Å². The summed E-state index contributed by atoms with van der Waals surface area (Å²) < 4.78 is 5.53. The molecule has 7 nitrogen and oxygen atoms in total. The average Bonchev–Trinajstić information content (AvgIpc) is 2.66. The monoisotopic (exact) mass is 437 g/mol. The number of carbonyl (C=O) groups excluding carboxylic acids is 1. The number of carboxylic acids is 1. The maximum absolute atomic E-state index is 11.7. The zero-order valence-corrected chi connectivity index (χ0v) is 15.9. The van der Waals surface area contributed by atoms with E-state index in [1.165, 1.54) is 18.2 Å². The van der Waals surface area contributed by atoms with Crippen molar-refractivity contribution in [2.45, 2.75) is 25.2 Å². The van der Waals surface area contributed by atoms with Crippen molar-refractivity contribution in [3.63, 3.8) is 0 Å². The molecule has 0 aromatic heterocycles. The van der Waals surface area contributed by atoms with E-state index < -0.39 is 24.3 Å². The summed E-state index contributed by atoms with van der Waals surface area (Å²) in [6.45, 7) is 0.222. The van der Waals surface area contributed by atoms with Crippen molar-refractivity contribution in [3.05, 3.63) is 69.7 Å². The largest absolute Gasteiger partial charge is 0.478 e. The van der Waals surface area contributed by atoms with Crippen LogP contribution >= 0.6 is 15.9 Å². The van der Waals surface area contributed by atoms with Gasteiger partial charge in [-0.3, -0.25) is 0 Å². The highest BCUT2D eigenvalue weighted by Crippen LogP contribution is 2.24. The molecule has 0 aliphatic heterocycles. The first-order chi connectivity index (χ1) is 12.9. The molecule has 0 radical (unpaired) electrons.